The van der Waals surface area contributed by atoms with E-state index in [-0.39, 0.29) is 5.84 Å². The first-order valence-electron chi connectivity index (χ1n) is 6.18. The van der Waals surface area contributed by atoms with E-state index in [1.807, 2.05) is 31.2 Å². The number of hydrogen-bond acceptors (Lipinski definition) is 5. The lowest BCUT2D eigenvalue weighted by molar-refractivity contribution is 0.317. The van der Waals surface area contributed by atoms with E-state index in [4.69, 9.17) is 10.9 Å². The molecule has 100 valence electrons. The maximum atomic E-state index is 8.58. The minimum absolute atomic E-state index is 0.214. The van der Waals surface area contributed by atoms with Crippen LogP contribution in [0.25, 0.3) is 10.8 Å². The van der Waals surface area contributed by atoms with E-state index in [2.05, 4.69) is 20.3 Å². The van der Waals surface area contributed by atoms with Gasteiger partial charge < -0.3 is 15.8 Å². The quantitative estimate of drug-likeness (QED) is 0.368. The van der Waals surface area contributed by atoms with Gasteiger partial charge in [-0.15, -0.1) is 5.10 Å². The van der Waals surface area contributed by atoms with Crippen molar-refractivity contribution in [2.75, 3.05) is 18.0 Å². The fraction of sp³-hybridized carbons (Fsp3) is 0.308. The number of anilines is 1. The SMILES string of the molecule is CCN(CCC(N)=NO)c1nncc2ccccc12. The van der Waals surface area contributed by atoms with Crippen LogP contribution in [0, 0.1) is 0 Å². The van der Waals surface area contributed by atoms with Crippen LogP contribution in [0.1, 0.15) is 13.3 Å². The molecule has 0 radical (unpaired) electrons. The van der Waals surface area contributed by atoms with Crippen LogP contribution >= 0.6 is 0 Å². The van der Waals surface area contributed by atoms with Crippen LogP contribution < -0.4 is 10.6 Å². The highest BCUT2D eigenvalue weighted by Gasteiger charge is 2.11. The number of hydrogen-bond donors (Lipinski definition) is 2. The smallest absolute Gasteiger partial charge is 0.159 e. The van der Waals surface area contributed by atoms with Crippen LogP contribution in [0.4, 0.5) is 5.82 Å². The summed E-state index contributed by atoms with van der Waals surface area (Å²) < 4.78 is 0. The summed E-state index contributed by atoms with van der Waals surface area (Å²) in [7, 11) is 0. The second-order valence-corrected chi connectivity index (χ2v) is 4.18. The Morgan fingerprint density at radius 2 is 2.21 bits per heavy atom. The molecule has 0 spiro atoms. The average Bonchev–Trinajstić information content (AvgIpc) is 2.47. The fourth-order valence-electron chi connectivity index (χ4n) is 1.96. The molecule has 2 rings (SSSR count). The van der Waals surface area contributed by atoms with Crippen LogP contribution in [-0.2, 0) is 0 Å². The fourth-order valence-corrected chi connectivity index (χ4v) is 1.96. The van der Waals surface area contributed by atoms with Gasteiger partial charge in [-0.1, -0.05) is 29.4 Å². The molecule has 19 heavy (non-hydrogen) atoms. The summed E-state index contributed by atoms with van der Waals surface area (Å²) in [4.78, 5) is 2.06. The lowest BCUT2D eigenvalue weighted by atomic mass is 10.2. The molecule has 6 heteroatoms. The zero-order chi connectivity index (χ0) is 13.7. The van der Waals surface area contributed by atoms with Gasteiger partial charge in [-0.2, -0.15) is 5.10 Å². The summed E-state index contributed by atoms with van der Waals surface area (Å²) in [6.07, 6.45) is 2.23. The van der Waals surface area contributed by atoms with Gasteiger partial charge in [0.05, 0.1) is 6.20 Å². The first-order chi connectivity index (χ1) is 9.26. The van der Waals surface area contributed by atoms with E-state index in [1.165, 1.54) is 0 Å². The Morgan fingerprint density at radius 3 is 2.95 bits per heavy atom. The topological polar surface area (TPSA) is 87.6 Å². The molecule has 0 aliphatic carbocycles. The standard InChI is InChI=1S/C13H17N5O/c1-2-18(8-7-12(14)17-19)13-11-6-4-3-5-10(11)9-15-16-13/h3-6,9,19H,2,7-8H2,1H3,(H2,14,17). The number of aromatic nitrogens is 2. The van der Waals surface area contributed by atoms with Crippen molar-refractivity contribution in [2.45, 2.75) is 13.3 Å². The summed E-state index contributed by atoms with van der Waals surface area (Å²) in [5.41, 5.74) is 5.50. The van der Waals surface area contributed by atoms with E-state index < -0.39 is 0 Å². The molecule has 1 aromatic heterocycles. The van der Waals surface area contributed by atoms with Gasteiger partial charge in [-0.3, -0.25) is 0 Å². The van der Waals surface area contributed by atoms with E-state index in [1.54, 1.807) is 6.20 Å². The van der Waals surface area contributed by atoms with Crippen molar-refractivity contribution in [3.63, 3.8) is 0 Å². The third-order valence-corrected chi connectivity index (χ3v) is 3.00. The molecule has 0 bridgehead atoms. The number of amidine groups is 1. The molecular formula is C13H17N5O. The Labute approximate surface area is 111 Å². The second-order valence-electron chi connectivity index (χ2n) is 4.18. The van der Waals surface area contributed by atoms with Crippen molar-refractivity contribution in [3.8, 4) is 0 Å². The predicted molar refractivity (Wildman–Crippen MR) is 75.5 cm³/mol. The van der Waals surface area contributed by atoms with E-state index in [9.17, 15) is 0 Å². The predicted octanol–water partition coefficient (Wildman–Crippen LogP) is 1.59. The molecule has 1 aromatic carbocycles. The van der Waals surface area contributed by atoms with Crippen LogP contribution in [0.2, 0.25) is 0 Å². The van der Waals surface area contributed by atoms with Crippen LogP contribution in [0.3, 0.4) is 0 Å². The summed E-state index contributed by atoms with van der Waals surface area (Å²) in [6, 6.07) is 7.97. The van der Waals surface area contributed by atoms with Crippen molar-refractivity contribution < 1.29 is 5.21 Å². The van der Waals surface area contributed by atoms with Gasteiger partial charge in [0.15, 0.2) is 5.82 Å². The van der Waals surface area contributed by atoms with E-state index in [0.717, 1.165) is 23.1 Å². The van der Waals surface area contributed by atoms with Gasteiger partial charge in [0.1, 0.15) is 5.84 Å². The number of benzene rings is 1. The third kappa shape index (κ3) is 2.90. The maximum absolute atomic E-state index is 8.58. The number of rotatable bonds is 5. The lowest BCUT2D eigenvalue weighted by Crippen LogP contribution is -2.29. The summed E-state index contributed by atoms with van der Waals surface area (Å²) in [5, 5.41) is 21.9. The molecule has 0 aliphatic heterocycles. The molecule has 6 nitrogen and oxygen atoms in total. The molecule has 0 saturated carbocycles. The van der Waals surface area contributed by atoms with E-state index >= 15 is 0 Å². The molecule has 0 amide bonds. The van der Waals surface area contributed by atoms with Crippen LogP contribution in [0.5, 0.6) is 0 Å². The minimum atomic E-state index is 0.214. The van der Waals surface area contributed by atoms with Crippen LogP contribution in [0.15, 0.2) is 35.6 Å². The van der Waals surface area contributed by atoms with E-state index in [0.29, 0.717) is 13.0 Å². The highest BCUT2D eigenvalue weighted by Crippen LogP contribution is 2.22. The van der Waals surface area contributed by atoms with Gasteiger partial charge in [0, 0.05) is 30.3 Å². The first-order valence-corrected chi connectivity index (χ1v) is 6.18. The largest absolute Gasteiger partial charge is 0.409 e. The molecule has 0 aliphatic rings. The number of nitrogens with zero attached hydrogens (tertiary/aromatic N) is 4. The van der Waals surface area contributed by atoms with Crippen LogP contribution in [-0.4, -0.2) is 34.3 Å². The Morgan fingerprint density at radius 1 is 1.42 bits per heavy atom. The van der Waals surface area contributed by atoms with Crippen molar-refractivity contribution in [1.82, 2.24) is 10.2 Å². The zero-order valence-corrected chi connectivity index (χ0v) is 10.8. The molecule has 2 aromatic rings. The van der Waals surface area contributed by atoms with Crippen molar-refractivity contribution in [3.05, 3.63) is 30.5 Å². The Kier molecular flexibility index (Phi) is 4.12. The molecular weight excluding hydrogens is 242 g/mol. The third-order valence-electron chi connectivity index (χ3n) is 3.00. The Balaban J connectivity index is 2.30. The lowest BCUT2D eigenvalue weighted by Gasteiger charge is -2.22. The normalized spacial score (nSPS) is 11.7. The monoisotopic (exact) mass is 259 g/mol. The van der Waals surface area contributed by atoms with Crippen molar-refractivity contribution >= 4 is 22.4 Å². The zero-order valence-electron chi connectivity index (χ0n) is 10.8. The van der Waals surface area contributed by atoms with Gasteiger partial charge in [0.25, 0.3) is 0 Å². The van der Waals surface area contributed by atoms with Crippen molar-refractivity contribution in [1.29, 1.82) is 0 Å². The summed E-state index contributed by atoms with van der Waals surface area (Å²) in [5.74, 6) is 1.04. The Hall–Kier alpha value is -2.37. The number of oxime groups is 1. The molecule has 0 saturated heterocycles. The number of fused-ring (bicyclic) bond motifs is 1. The Bertz CT molecular complexity index is 579. The highest BCUT2D eigenvalue weighted by atomic mass is 16.4. The average molecular weight is 259 g/mol. The van der Waals surface area contributed by atoms with Gasteiger partial charge in [0.2, 0.25) is 0 Å². The summed E-state index contributed by atoms with van der Waals surface area (Å²) >= 11 is 0. The van der Waals surface area contributed by atoms with Gasteiger partial charge in [-0.25, -0.2) is 0 Å². The number of nitrogens with two attached hydrogens (primary N) is 1. The first kappa shape index (κ1) is 13.1. The minimum Gasteiger partial charge on any atom is -0.409 e. The van der Waals surface area contributed by atoms with Gasteiger partial charge >= 0.3 is 0 Å². The van der Waals surface area contributed by atoms with Crippen molar-refractivity contribution in [2.24, 2.45) is 10.9 Å². The molecule has 3 N–H and O–H groups in total. The molecule has 0 unspecified atom stereocenters. The summed E-state index contributed by atoms with van der Waals surface area (Å²) in [6.45, 7) is 3.45. The molecule has 0 fully saturated rings. The molecule has 0 atom stereocenters. The highest BCUT2D eigenvalue weighted by molar-refractivity contribution is 5.91. The maximum Gasteiger partial charge on any atom is 0.159 e. The second kappa shape index (κ2) is 5.99. The van der Waals surface area contributed by atoms with Gasteiger partial charge in [-0.05, 0) is 6.92 Å². The molecule has 1 heterocycles.